The Morgan fingerprint density at radius 3 is 2.56 bits per heavy atom. The van der Waals surface area contributed by atoms with Gasteiger partial charge in [-0.2, -0.15) is 0 Å². The van der Waals surface area contributed by atoms with Crippen molar-refractivity contribution in [2.45, 2.75) is 25.2 Å². The molecule has 0 bridgehead atoms. The fourth-order valence-corrected chi connectivity index (χ4v) is 2.30. The van der Waals surface area contributed by atoms with Crippen molar-refractivity contribution in [2.24, 2.45) is 5.92 Å². The van der Waals surface area contributed by atoms with Crippen LogP contribution in [0.5, 0.6) is 11.5 Å². The summed E-state index contributed by atoms with van der Waals surface area (Å²) in [4.78, 5) is 0.415. The highest BCUT2D eigenvalue weighted by Gasteiger charge is 2.19. The SMILES string of the molecule is CC(C)Cc1cc2c(cc1S(=O)O)OCO2. The first-order valence-electron chi connectivity index (χ1n) is 5.11. The van der Waals surface area contributed by atoms with Crippen molar-refractivity contribution in [1.82, 2.24) is 0 Å². The maximum atomic E-state index is 11.2. The Balaban J connectivity index is 2.44. The summed E-state index contributed by atoms with van der Waals surface area (Å²) in [5.41, 5.74) is 0.847. The van der Waals surface area contributed by atoms with Crippen molar-refractivity contribution < 1.29 is 18.2 Å². The molecule has 0 amide bonds. The van der Waals surface area contributed by atoms with E-state index < -0.39 is 11.1 Å². The van der Waals surface area contributed by atoms with Gasteiger partial charge in [0, 0.05) is 6.07 Å². The van der Waals surface area contributed by atoms with Gasteiger partial charge in [0.1, 0.15) is 0 Å². The first-order chi connectivity index (χ1) is 7.58. The van der Waals surface area contributed by atoms with Crippen LogP contribution in [0.1, 0.15) is 19.4 Å². The van der Waals surface area contributed by atoms with E-state index in [9.17, 15) is 8.76 Å². The molecule has 1 atom stereocenters. The lowest BCUT2D eigenvalue weighted by Crippen LogP contribution is -2.01. The molecule has 0 saturated carbocycles. The van der Waals surface area contributed by atoms with Gasteiger partial charge in [-0.05, 0) is 24.0 Å². The summed E-state index contributed by atoms with van der Waals surface area (Å²) in [5, 5.41) is 0. The molecule has 1 aromatic carbocycles. The van der Waals surface area contributed by atoms with Crippen LogP contribution in [0.15, 0.2) is 17.0 Å². The zero-order valence-corrected chi connectivity index (χ0v) is 10.0. The fourth-order valence-electron chi connectivity index (χ4n) is 1.73. The lowest BCUT2D eigenvalue weighted by atomic mass is 10.0. The average Bonchev–Trinajstić information content (AvgIpc) is 2.62. The third-order valence-electron chi connectivity index (χ3n) is 2.37. The number of rotatable bonds is 3. The Kier molecular flexibility index (Phi) is 3.16. The molecule has 0 fully saturated rings. The average molecular weight is 242 g/mol. The Labute approximate surface area is 96.9 Å². The summed E-state index contributed by atoms with van der Waals surface area (Å²) in [5.74, 6) is 1.62. The van der Waals surface area contributed by atoms with Gasteiger partial charge in [0.05, 0.1) is 4.90 Å². The molecule has 0 radical (unpaired) electrons. The maximum absolute atomic E-state index is 11.2. The standard InChI is InChI=1S/C11H14O4S/c1-7(2)3-8-4-9-10(15-6-14-9)5-11(8)16(12)13/h4-5,7H,3,6H2,1-2H3,(H,12,13). The zero-order valence-electron chi connectivity index (χ0n) is 9.23. The minimum absolute atomic E-state index is 0.179. The lowest BCUT2D eigenvalue weighted by molar-refractivity contribution is 0.174. The van der Waals surface area contributed by atoms with Gasteiger partial charge in [-0.1, -0.05) is 13.8 Å². The van der Waals surface area contributed by atoms with E-state index in [-0.39, 0.29) is 6.79 Å². The monoisotopic (exact) mass is 242 g/mol. The van der Waals surface area contributed by atoms with Crippen LogP contribution in [0, 0.1) is 5.92 Å². The predicted octanol–water partition coefficient (Wildman–Crippen LogP) is 2.19. The van der Waals surface area contributed by atoms with Crippen LogP contribution < -0.4 is 9.47 Å². The van der Waals surface area contributed by atoms with Gasteiger partial charge in [0.2, 0.25) is 6.79 Å². The molecule has 16 heavy (non-hydrogen) atoms. The summed E-state index contributed by atoms with van der Waals surface area (Å²) in [7, 11) is 0. The smallest absolute Gasteiger partial charge is 0.231 e. The molecule has 0 saturated heterocycles. The molecule has 88 valence electrons. The van der Waals surface area contributed by atoms with Gasteiger partial charge in [0.15, 0.2) is 22.6 Å². The fraction of sp³-hybridized carbons (Fsp3) is 0.455. The number of ether oxygens (including phenoxy) is 2. The van der Waals surface area contributed by atoms with Gasteiger partial charge < -0.3 is 14.0 Å². The highest BCUT2D eigenvalue weighted by atomic mass is 32.2. The van der Waals surface area contributed by atoms with Crippen LogP contribution in [-0.4, -0.2) is 15.6 Å². The second kappa shape index (κ2) is 4.43. The molecule has 5 heteroatoms. The number of hydrogen-bond acceptors (Lipinski definition) is 3. The summed E-state index contributed by atoms with van der Waals surface area (Å²) < 4.78 is 30.9. The first-order valence-corrected chi connectivity index (χ1v) is 6.22. The van der Waals surface area contributed by atoms with E-state index in [0.717, 1.165) is 12.0 Å². The van der Waals surface area contributed by atoms with E-state index in [1.165, 1.54) is 0 Å². The van der Waals surface area contributed by atoms with E-state index in [0.29, 0.717) is 22.3 Å². The molecule has 1 heterocycles. The van der Waals surface area contributed by atoms with Crippen molar-refractivity contribution in [2.75, 3.05) is 6.79 Å². The highest BCUT2D eigenvalue weighted by molar-refractivity contribution is 7.79. The van der Waals surface area contributed by atoms with Crippen molar-refractivity contribution in [3.05, 3.63) is 17.7 Å². The molecule has 1 aliphatic rings. The zero-order chi connectivity index (χ0) is 11.7. The van der Waals surface area contributed by atoms with Crippen LogP contribution >= 0.6 is 0 Å². The van der Waals surface area contributed by atoms with Crippen molar-refractivity contribution >= 4 is 11.1 Å². The number of hydrogen-bond donors (Lipinski definition) is 1. The van der Waals surface area contributed by atoms with Crippen LogP contribution in [-0.2, 0) is 17.5 Å². The third-order valence-corrected chi connectivity index (χ3v) is 3.13. The molecule has 2 rings (SSSR count). The second-order valence-electron chi connectivity index (χ2n) is 4.16. The predicted molar refractivity (Wildman–Crippen MR) is 60.1 cm³/mol. The molecule has 1 unspecified atom stereocenters. The van der Waals surface area contributed by atoms with E-state index in [2.05, 4.69) is 13.8 Å². The van der Waals surface area contributed by atoms with Gasteiger partial charge in [-0.15, -0.1) is 0 Å². The molecular weight excluding hydrogens is 228 g/mol. The quantitative estimate of drug-likeness (QED) is 0.825. The molecule has 0 spiro atoms. The highest BCUT2D eigenvalue weighted by Crippen LogP contribution is 2.36. The lowest BCUT2D eigenvalue weighted by Gasteiger charge is -2.10. The van der Waals surface area contributed by atoms with Crippen molar-refractivity contribution in [3.8, 4) is 11.5 Å². The summed E-state index contributed by atoms with van der Waals surface area (Å²) >= 11 is -1.98. The third kappa shape index (κ3) is 2.20. The van der Waals surface area contributed by atoms with E-state index in [1.807, 2.05) is 0 Å². The molecular formula is C11H14O4S. The molecule has 1 aliphatic heterocycles. The first kappa shape index (κ1) is 11.4. The number of fused-ring (bicyclic) bond motifs is 1. The van der Waals surface area contributed by atoms with Crippen LogP contribution in [0.2, 0.25) is 0 Å². The van der Waals surface area contributed by atoms with Crippen molar-refractivity contribution in [1.29, 1.82) is 0 Å². The summed E-state index contributed by atoms with van der Waals surface area (Å²) in [6.45, 7) is 4.31. The van der Waals surface area contributed by atoms with E-state index in [4.69, 9.17) is 9.47 Å². The van der Waals surface area contributed by atoms with Gasteiger partial charge in [-0.25, -0.2) is 4.21 Å². The van der Waals surface area contributed by atoms with Gasteiger partial charge >= 0.3 is 0 Å². The second-order valence-corrected chi connectivity index (χ2v) is 5.10. The molecule has 4 nitrogen and oxygen atoms in total. The summed E-state index contributed by atoms with van der Waals surface area (Å²) in [6.07, 6.45) is 0.748. The minimum Gasteiger partial charge on any atom is -0.454 e. The normalized spacial score (nSPS) is 15.5. The van der Waals surface area contributed by atoms with E-state index >= 15 is 0 Å². The van der Waals surface area contributed by atoms with Gasteiger partial charge in [0.25, 0.3) is 0 Å². The van der Waals surface area contributed by atoms with E-state index in [1.54, 1.807) is 12.1 Å². The molecule has 0 aliphatic carbocycles. The Bertz CT molecular complexity index is 428. The van der Waals surface area contributed by atoms with Crippen LogP contribution in [0.4, 0.5) is 0 Å². The Hall–Kier alpha value is -1.07. The van der Waals surface area contributed by atoms with Crippen LogP contribution in [0.25, 0.3) is 0 Å². The van der Waals surface area contributed by atoms with Gasteiger partial charge in [-0.3, -0.25) is 0 Å². The molecule has 1 N–H and O–H groups in total. The Morgan fingerprint density at radius 2 is 2.00 bits per heavy atom. The molecule has 1 aromatic rings. The number of benzene rings is 1. The van der Waals surface area contributed by atoms with Crippen molar-refractivity contribution in [3.63, 3.8) is 0 Å². The Morgan fingerprint density at radius 1 is 1.38 bits per heavy atom. The minimum atomic E-state index is -1.98. The van der Waals surface area contributed by atoms with Crippen LogP contribution in [0.3, 0.4) is 0 Å². The largest absolute Gasteiger partial charge is 0.454 e. The maximum Gasteiger partial charge on any atom is 0.231 e. The topological polar surface area (TPSA) is 55.8 Å². The molecule has 0 aromatic heterocycles. The summed E-state index contributed by atoms with van der Waals surface area (Å²) in [6, 6.07) is 3.39.